The number of nitrogens with two attached hydrogens (primary N) is 1. The number of aromatic nitrogens is 2. The van der Waals surface area contributed by atoms with Gasteiger partial charge in [-0.05, 0) is 12.3 Å². The monoisotopic (exact) mass is 261 g/mol. The van der Waals surface area contributed by atoms with Crippen molar-refractivity contribution in [2.45, 2.75) is 19.5 Å². The second-order valence-electron chi connectivity index (χ2n) is 4.42. The average Bonchev–Trinajstić information content (AvgIpc) is 2.74. The molecule has 18 heavy (non-hydrogen) atoms. The number of hydrogen-bond acceptors (Lipinski definition) is 5. The Balaban J connectivity index is 2.35. The molecule has 3 N–H and O–H groups in total. The van der Waals surface area contributed by atoms with E-state index in [1.807, 2.05) is 11.8 Å². The van der Waals surface area contributed by atoms with Crippen LogP contribution in [0.3, 0.4) is 0 Å². The molecule has 0 bridgehead atoms. The number of nitrogen functional groups attached to an aromatic ring is 1. The molecule has 1 fully saturated rings. The minimum atomic E-state index is -4.51. The molecule has 1 saturated heterocycles. The van der Waals surface area contributed by atoms with Gasteiger partial charge in [-0.25, -0.2) is 10.8 Å². The van der Waals surface area contributed by atoms with Crippen molar-refractivity contribution in [3.05, 3.63) is 11.8 Å². The van der Waals surface area contributed by atoms with E-state index in [2.05, 4.69) is 15.4 Å². The van der Waals surface area contributed by atoms with Crippen molar-refractivity contribution < 1.29 is 13.2 Å². The number of alkyl halides is 3. The molecule has 1 aliphatic heterocycles. The van der Waals surface area contributed by atoms with Gasteiger partial charge in [0.05, 0.1) is 0 Å². The summed E-state index contributed by atoms with van der Waals surface area (Å²) in [5, 5.41) is 0. The zero-order valence-corrected chi connectivity index (χ0v) is 9.83. The third-order valence-electron chi connectivity index (χ3n) is 2.88. The van der Waals surface area contributed by atoms with Crippen molar-refractivity contribution in [2.75, 3.05) is 23.4 Å². The van der Waals surface area contributed by atoms with E-state index >= 15 is 0 Å². The van der Waals surface area contributed by atoms with E-state index in [-0.39, 0.29) is 11.8 Å². The van der Waals surface area contributed by atoms with Crippen molar-refractivity contribution in [2.24, 2.45) is 11.8 Å². The number of rotatable bonds is 2. The first kappa shape index (κ1) is 12.9. The van der Waals surface area contributed by atoms with Crippen LogP contribution in [-0.2, 0) is 6.18 Å². The maximum Gasteiger partial charge on any atom is 0.433 e. The second-order valence-corrected chi connectivity index (χ2v) is 4.42. The summed E-state index contributed by atoms with van der Waals surface area (Å²) in [6.07, 6.45) is -3.56. The molecule has 0 radical (unpaired) electrons. The van der Waals surface area contributed by atoms with E-state index in [0.29, 0.717) is 19.0 Å². The summed E-state index contributed by atoms with van der Waals surface area (Å²) >= 11 is 0. The van der Waals surface area contributed by atoms with E-state index in [0.717, 1.165) is 12.5 Å². The first-order chi connectivity index (χ1) is 8.40. The van der Waals surface area contributed by atoms with Gasteiger partial charge in [0.1, 0.15) is 5.82 Å². The highest BCUT2D eigenvalue weighted by atomic mass is 19.4. The predicted octanol–water partition coefficient (Wildman–Crippen LogP) is 1.63. The zero-order valence-electron chi connectivity index (χ0n) is 9.83. The summed E-state index contributed by atoms with van der Waals surface area (Å²) in [5.74, 6) is 5.58. The van der Waals surface area contributed by atoms with Crippen LogP contribution >= 0.6 is 0 Å². The molecule has 0 spiro atoms. The zero-order chi connectivity index (χ0) is 13.3. The molecule has 5 nitrogen and oxygen atoms in total. The summed E-state index contributed by atoms with van der Waals surface area (Å²) < 4.78 is 38.0. The van der Waals surface area contributed by atoms with E-state index in [4.69, 9.17) is 5.84 Å². The molecular weight excluding hydrogens is 247 g/mol. The average molecular weight is 261 g/mol. The van der Waals surface area contributed by atoms with Crippen LogP contribution in [0.2, 0.25) is 0 Å². The van der Waals surface area contributed by atoms with Gasteiger partial charge >= 0.3 is 6.18 Å². The predicted molar refractivity (Wildman–Crippen MR) is 60.8 cm³/mol. The van der Waals surface area contributed by atoms with Crippen LogP contribution in [0.15, 0.2) is 6.07 Å². The van der Waals surface area contributed by atoms with E-state index < -0.39 is 11.9 Å². The Bertz CT molecular complexity index is 434. The normalized spacial score (nSPS) is 20.3. The molecule has 100 valence electrons. The van der Waals surface area contributed by atoms with Gasteiger partial charge in [-0.1, -0.05) is 6.92 Å². The molecule has 1 aromatic heterocycles. The Morgan fingerprint density at radius 1 is 1.44 bits per heavy atom. The van der Waals surface area contributed by atoms with Crippen LogP contribution in [0.25, 0.3) is 0 Å². The fourth-order valence-electron chi connectivity index (χ4n) is 1.95. The number of hydrazine groups is 1. The molecule has 0 saturated carbocycles. The molecule has 0 amide bonds. The molecule has 2 heterocycles. The lowest BCUT2D eigenvalue weighted by Gasteiger charge is -2.19. The Morgan fingerprint density at radius 2 is 2.17 bits per heavy atom. The largest absolute Gasteiger partial charge is 0.433 e. The Hall–Kier alpha value is -1.57. The van der Waals surface area contributed by atoms with Crippen LogP contribution in [0, 0.1) is 5.92 Å². The molecule has 1 aromatic rings. The SMILES string of the molecule is CC1CCN(c2cc(C(F)(F)F)nc(NN)n2)C1. The summed E-state index contributed by atoms with van der Waals surface area (Å²) in [5.41, 5.74) is 1.08. The van der Waals surface area contributed by atoms with Gasteiger partial charge in [0.2, 0.25) is 5.95 Å². The highest BCUT2D eigenvalue weighted by Crippen LogP contribution is 2.31. The van der Waals surface area contributed by atoms with Crippen molar-refractivity contribution in [3.63, 3.8) is 0 Å². The van der Waals surface area contributed by atoms with E-state index in [9.17, 15) is 13.2 Å². The summed E-state index contributed by atoms with van der Waals surface area (Å²) in [6, 6.07) is 0.957. The minimum Gasteiger partial charge on any atom is -0.356 e. The Kier molecular flexibility index (Phi) is 3.29. The maximum atomic E-state index is 12.7. The van der Waals surface area contributed by atoms with Crippen molar-refractivity contribution >= 4 is 11.8 Å². The maximum absolute atomic E-state index is 12.7. The third-order valence-corrected chi connectivity index (χ3v) is 2.88. The number of hydrogen-bond donors (Lipinski definition) is 2. The number of halogens is 3. The standard InChI is InChI=1S/C10H14F3N5/c1-6-2-3-18(5-6)8-4-7(10(11,12)13)15-9(16-8)17-14/h4,6H,2-3,5,14H2,1H3,(H,15,16,17). The minimum absolute atomic E-state index is 0.223. The van der Waals surface area contributed by atoms with Gasteiger partial charge in [0, 0.05) is 19.2 Å². The number of nitrogens with one attached hydrogen (secondary N) is 1. The van der Waals surface area contributed by atoms with Crippen LogP contribution in [0.1, 0.15) is 19.0 Å². The van der Waals surface area contributed by atoms with Gasteiger partial charge in [-0.3, -0.25) is 5.43 Å². The van der Waals surface area contributed by atoms with Crippen LogP contribution < -0.4 is 16.2 Å². The topological polar surface area (TPSA) is 67.1 Å². The molecule has 1 atom stereocenters. The van der Waals surface area contributed by atoms with E-state index in [1.54, 1.807) is 0 Å². The van der Waals surface area contributed by atoms with Gasteiger partial charge in [-0.2, -0.15) is 18.2 Å². The number of nitrogens with zero attached hydrogens (tertiary/aromatic N) is 3. The van der Waals surface area contributed by atoms with Gasteiger partial charge in [0.15, 0.2) is 5.69 Å². The molecular formula is C10H14F3N5. The molecule has 1 aliphatic rings. The first-order valence-electron chi connectivity index (χ1n) is 5.58. The van der Waals surface area contributed by atoms with Crippen LogP contribution in [0.5, 0.6) is 0 Å². The van der Waals surface area contributed by atoms with Gasteiger partial charge < -0.3 is 4.90 Å². The fourth-order valence-corrected chi connectivity index (χ4v) is 1.95. The summed E-state index contributed by atoms with van der Waals surface area (Å²) in [4.78, 5) is 9.08. The molecule has 0 aliphatic carbocycles. The quantitative estimate of drug-likeness (QED) is 0.625. The highest BCUT2D eigenvalue weighted by Gasteiger charge is 2.34. The molecule has 1 unspecified atom stereocenters. The van der Waals surface area contributed by atoms with E-state index in [1.165, 1.54) is 0 Å². The smallest absolute Gasteiger partial charge is 0.356 e. The third kappa shape index (κ3) is 2.63. The van der Waals surface area contributed by atoms with Crippen LogP contribution in [0.4, 0.5) is 24.9 Å². The van der Waals surface area contributed by atoms with Gasteiger partial charge in [0.25, 0.3) is 0 Å². The van der Waals surface area contributed by atoms with Crippen LogP contribution in [-0.4, -0.2) is 23.1 Å². The molecule has 8 heteroatoms. The second kappa shape index (κ2) is 4.60. The first-order valence-corrected chi connectivity index (χ1v) is 5.58. The van der Waals surface area contributed by atoms with Gasteiger partial charge in [-0.15, -0.1) is 0 Å². The summed E-state index contributed by atoms with van der Waals surface area (Å²) in [6.45, 7) is 3.44. The highest BCUT2D eigenvalue weighted by molar-refractivity contribution is 5.46. The van der Waals surface area contributed by atoms with Crippen molar-refractivity contribution in [3.8, 4) is 0 Å². The lowest BCUT2D eigenvalue weighted by atomic mass is 10.2. The summed E-state index contributed by atoms with van der Waals surface area (Å²) in [7, 11) is 0. The molecule has 2 rings (SSSR count). The Morgan fingerprint density at radius 3 is 2.67 bits per heavy atom. The fraction of sp³-hybridized carbons (Fsp3) is 0.600. The van der Waals surface area contributed by atoms with Crippen molar-refractivity contribution in [1.82, 2.24) is 9.97 Å². The number of anilines is 2. The Labute approximate surface area is 102 Å². The molecule has 0 aromatic carbocycles. The lowest BCUT2D eigenvalue weighted by Crippen LogP contribution is -2.23. The van der Waals surface area contributed by atoms with Crippen molar-refractivity contribution in [1.29, 1.82) is 0 Å². The lowest BCUT2D eigenvalue weighted by molar-refractivity contribution is -0.141.